The summed E-state index contributed by atoms with van der Waals surface area (Å²) in [6.07, 6.45) is 1.93. The molecule has 0 unspecified atom stereocenters. The van der Waals surface area contributed by atoms with Crippen LogP contribution in [0.4, 0.5) is 5.69 Å². The van der Waals surface area contributed by atoms with Crippen LogP contribution in [0.25, 0.3) is 11.0 Å². The highest BCUT2D eigenvalue weighted by atomic mass is 16.5. The number of carbonyl (C=O) groups is 1. The fourth-order valence-electron chi connectivity index (χ4n) is 4.31. The van der Waals surface area contributed by atoms with Crippen LogP contribution in [0, 0.1) is 5.92 Å². The van der Waals surface area contributed by atoms with Crippen molar-refractivity contribution in [2.45, 2.75) is 39.3 Å². The van der Waals surface area contributed by atoms with Gasteiger partial charge in [-0.05, 0) is 69.6 Å². The van der Waals surface area contributed by atoms with Gasteiger partial charge in [0, 0.05) is 18.3 Å². The predicted molar refractivity (Wildman–Crippen MR) is 120 cm³/mol. The highest BCUT2D eigenvalue weighted by Crippen LogP contribution is 2.25. The Hall–Kier alpha value is -2.86. The van der Waals surface area contributed by atoms with E-state index in [-0.39, 0.29) is 11.8 Å². The number of likely N-dealkylation sites (tertiary alicyclic amines) is 1. The molecule has 2 heterocycles. The molecule has 1 aromatic heterocycles. The lowest BCUT2D eigenvalue weighted by atomic mass is 9.97. The smallest absolute Gasteiger partial charge is 0.228 e. The van der Waals surface area contributed by atoms with E-state index in [1.54, 1.807) is 7.11 Å². The molecule has 2 aromatic carbocycles. The lowest BCUT2D eigenvalue weighted by Crippen LogP contribution is -2.40. The first-order chi connectivity index (χ1) is 14.5. The van der Waals surface area contributed by atoms with E-state index in [1.165, 1.54) is 5.52 Å². The highest BCUT2D eigenvalue weighted by Gasteiger charge is 2.27. The van der Waals surface area contributed by atoms with Gasteiger partial charge in [0.2, 0.25) is 5.91 Å². The van der Waals surface area contributed by atoms with Crippen molar-refractivity contribution in [1.29, 1.82) is 0 Å². The summed E-state index contributed by atoms with van der Waals surface area (Å²) in [5.74, 6) is 1.92. The largest absolute Gasteiger partial charge is 0.497 e. The molecule has 4 rings (SSSR count). The highest BCUT2D eigenvalue weighted by molar-refractivity contribution is 5.92. The van der Waals surface area contributed by atoms with Crippen molar-refractivity contribution in [3.8, 4) is 5.75 Å². The molecule has 1 fully saturated rings. The van der Waals surface area contributed by atoms with E-state index in [2.05, 4.69) is 46.8 Å². The first-order valence-electron chi connectivity index (χ1n) is 10.7. The summed E-state index contributed by atoms with van der Waals surface area (Å²) in [4.78, 5) is 20.1. The van der Waals surface area contributed by atoms with Gasteiger partial charge in [-0.1, -0.05) is 12.1 Å². The van der Waals surface area contributed by atoms with Crippen LogP contribution in [0.2, 0.25) is 0 Å². The van der Waals surface area contributed by atoms with Gasteiger partial charge >= 0.3 is 0 Å². The van der Waals surface area contributed by atoms with E-state index in [0.717, 1.165) is 55.3 Å². The molecule has 0 aliphatic carbocycles. The number of amides is 1. The number of benzene rings is 2. The third-order valence-electron chi connectivity index (χ3n) is 5.78. The van der Waals surface area contributed by atoms with Gasteiger partial charge in [0.05, 0.1) is 30.6 Å². The maximum Gasteiger partial charge on any atom is 0.228 e. The number of anilines is 1. The molecule has 1 saturated heterocycles. The Balaban J connectivity index is 1.44. The number of rotatable bonds is 6. The Kier molecular flexibility index (Phi) is 6.04. The number of hydrogen-bond acceptors (Lipinski definition) is 4. The normalized spacial score (nSPS) is 17.4. The number of ether oxygens (including phenoxy) is 1. The topological polar surface area (TPSA) is 59.4 Å². The van der Waals surface area contributed by atoms with E-state index in [4.69, 9.17) is 9.72 Å². The number of para-hydroxylation sites is 2. The van der Waals surface area contributed by atoms with Crippen LogP contribution in [0.15, 0.2) is 48.5 Å². The third kappa shape index (κ3) is 4.33. The summed E-state index contributed by atoms with van der Waals surface area (Å²) < 4.78 is 7.50. The first-order valence-corrected chi connectivity index (χ1v) is 10.7. The standard InChI is InChI=1S/C24H30N4O2/c1-17(2)28-22-9-5-4-8-21(22)26-23(28)16-27-14-6-7-18(15-27)24(29)25-19-10-12-20(30-3)13-11-19/h4-5,8-13,17-18H,6-7,14-16H2,1-3H3,(H,25,29)/t18-/m1/s1. The van der Waals surface area contributed by atoms with Crippen molar-refractivity contribution in [3.63, 3.8) is 0 Å². The fourth-order valence-corrected chi connectivity index (χ4v) is 4.31. The number of carbonyl (C=O) groups excluding carboxylic acids is 1. The molecule has 158 valence electrons. The second-order valence-corrected chi connectivity index (χ2v) is 8.27. The zero-order chi connectivity index (χ0) is 21.1. The molecule has 1 atom stereocenters. The minimum absolute atomic E-state index is 0.0160. The second-order valence-electron chi connectivity index (χ2n) is 8.27. The van der Waals surface area contributed by atoms with Crippen LogP contribution in [0.1, 0.15) is 38.6 Å². The summed E-state index contributed by atoms with van der Waals surface area (Å²) in [7, 11) is 1.64. The van der Waals surface area contributed by atoms with Crippen molar-refractivity contribution in [3.05, 3.63) is 54.4 Å². The quantitative estimate of drug-likeness (QED) is 0.656. The number of nitrogens with one attached hydrogen (secondary N) is 1. The lowest BCUT2D eigenvalue weighted by Gasteiger charge is -2.32. The minimum Gasteiger partial charge on any atom is -0.497 e. The maximum atomic E-state index is 12.8. The zero-order valence-corrected chi connectivity index (χ0v) is 18.0. The number of fused-ring (bicyclic) bond motifs is 1. The molecule has 1 aliphatic rings. The van der Waals surface area contributed by atoms with E-state index in [9.17, 15) is 4.79 Å². The number of hydrogen-bond donors (Lipinski definition) is 1. The summed E-state index contributed by atoms with van der Waals surface area (Å²) in [6, 6.07) is 16.1. The molecule has 1 aliphatic heterocycles. The lowest BCUT2D eigenvalue weighted by molar-refractivity contribution is -0.121. The fraction of sp³-hybridized carbons (Fsp3) is 0.417. The number of aromatic nitrogens is 2. The van der Waals surface area contributed by atoms with Gasteiger partial charge in [0.1, 0.15) is 11.6 Å². The maximum absolute atomic E-state index is 12.8. The summed E-state index contributed by atoms with van der Waals surface area (Å²) >= 11 is 0. The molecule has 1 amide bonds. The minimum atomic E-state index is -0.0160. The molecule has 0 bridgehead atoms. The van der Waals surface area contributed by atoms with Crippen LogP contribution in [-0.2, 0) is 11.3 Å². The van der Waals surface area contributed by atoms with E-state index < -0.39 is 0 Å². The van der Waals surface area contributed by atoms with Crippen molar-refractivity contribution < 1.29 is 9.53 Å². The van der Waals surface area contributed by atoms with Gasteiger partial charge in [0.25, 0.3) is 0 Å². The SMILES string of the molecule is COc1ccc(NC(=O)[C@@H]2CCCN(Cc3nc4ccccc4n3C(C)C)C2)cc1. The molecule has 30 heavy (non-hydrogen) atoms. The number of nitrogens with zero attached hydrogens (tertiary/aromatic N) is 3. The summed E-state index contributed by atoms with van der Waals surface area (Å²) in [6.45, 7) is 6.90. The van der Waals surface area contributed by atoms with Crippen molar-refractivity contribution >= 4 is 22.6 Å². The number of methoxy groups -OCH3 is 1. The van der Waals surface area contributed by atoms with Gasteiger partial charge in [-0.15, -0.1) is 0 Å². The predicted octanol–water partition coefficient (Wildman–Crippen LogP) is 4.48. The van der Waals surface area contributed by atoms with Crippen LogP contribution in [0.5, 0.6) is 5.75 Å². The Morgan fingerprint density at radius 1 is 1.20 bits per heavy atom. The Labute approximate surface area is 177 Å². The number of imidazole rings is 1. The molecule has 6 heteroatoms. The molecule has 3 aromatic rings. The van der Waals surface area contributed by atoms with Crippen molar-refractivity contribution in [1.82, 2.24) is 14.5 Å². The molecule has 1 N–H and O–H groups in total. The number of piperidine rings is 1. The van der Waals surface area contributed by atoms with Gasteiger partial charge in [0.15, 0.2) is 0 Å². The summed E-state index contributed by atoms with van der Waals surface area (Å²) in [5, 5.41) is 3.06. The first kappa shape index (κ1) is 20.4. The second kappa shape index (κ2) is 8.88. The Morgan fingerprint density at radius 3 is 2.70 bits per heavy atom. The van der Waals surface area contributed by atoms with Crippen LogP contribution in [0.3, 0.4) is 0 Å². The molecule has 0 saturated carbocycles. The Morgan fingerprint density at radius 2 is 1.97 bits per heavy atom. The van der Waals surface area contributed by atoms with Gasteiger partial charge in [-0.2, -0.15) is 0 Å². The third-order valence-corrected chi connectivity index (χ3v) is 5.78. The van der Waals surface area contributed by atoms with Gasteiger partial charge < -0.3 is 14.6 Å². The van der Waals surface area contributed by atoms with Crippen LogP contribution in [-0.4, -0.2) is 40.6 Å². The monoisotopic (exact) mass is 406 g/mol. The average Bonchev–Trinajstić information content (AvgIpc) is 3.12. The van der Waals surface area contributed by atoms with E-state index >= 15 is 0 Å². The molecule has 0 spiro atoms. The van der Waals surface area contributed by atoms with Crippen LogP contribution < -0.4 is 10.1 Å². The molecular weight excluding hydrogens is 376 g/mol. The van der Waals surface area contributed by atoms with Crippen molar-refractivity contribution in [2.24, 2.45) is 5.92 Å². The van der Waals surface area contributed by atoms with Gasteiger partial charge in [-0.25, -0.2) is 4.98 Å². The summed E-state index contributed by atoms with van der Waals surface area (Å²) in [5.41, 5.74) is 3.01. The van der Waals surface area contributed by atoms with Gasteiger partial charge in [-0.3, -0.25) is 9.69 Å². The molecule has 6 nitrogen and oxygen atoms in total. The van der Waals surface area contributed by atoms with E-state index in [1.807, 2.05) is 30.3 Å². The van der Waals surface area contributed by atoms with E-state index in [0.29, 0.717) is 6.04 Å². The van der Waals surface area contributed by atoms with Crippen LogP contribution >= 0.6 is 0 Å². The Bertz CT molecular complexity index is 1010. The zero-order valence-electron chi connectivity index (χ0n) is 18.0. The van der Waals surface area contributed by atoms with Crippen molar-refractivity contribution in [2.75, 3.05) is 25.5 Å². The molecular formula is C24H30N4O2. The average molecular weight is 407 g/mol. The molecule has 0 radical (unpaired) electrons.